The van der Waals surface area contributed by atoms with Gasteiger partial charge in [-0.15, -0.1) is 0 Å². The molecule has 0 aromatic rings. The van der Waals surface area contributed by atoms with Crippen molar-refractivity contribution >= 4 is 5.91 Å². The Bertz CT molecular complexity index is 612. The van der Waals surface area contributed by atoms with E-state index in [4.69, 9.17) is 0 Å². The number of hydrogen-bond donors (Lipinski definition) is 3. The van der Waals surface area contributed by atoms with Gasteiger partial charge >= 0.3 is 0 Å². The number of amides is 1. The predicted octanol–water partition coefficient (Wildman–Crippen LogP) is 13.7. The largest absolute Gasteiger partial charge is 0.394 e. The molecule has 4 heteroatoms. The molecule has 0 rings (SSSR count). The third kappa shape index (κ3) is 36.7. The van der Waals surface area contributed by atoms with Gasteiger partial charge in [-0.2, -0.15) is 0 Å². The summed E-state index contributed by atoms with van der Waals surface area (Å²) in [7, 11) is 0. The summed E-state index contributed by atoms with van der Waals surface area (Å²) >= 11 is 0. The van der Waals surface area contributed by atoms with Crippen LogP contribution in [0.2, 0.25) is 0 Å². The zero-order chi connectivity index (χ0) is 35.0. The Kier molecular flexibility index (Phi) is 40.3. The van der Waals surface area contributed by atoms with Crippen LogP contribution < -0.4 is 5.32 Å². The third-order valence-corrected chi connectivity index (χ3v) is 10.6. The second kappa shape index (κ2) is 40.8. The molecule has 0 aromatic carbocycles. The summed E-state index contributed by atoms with van der Waals surface area (Å²) in [5.74, 6) is -0.0256. The fourth-order valence-corrected chi connectivity index (χ4v) is 7.19. The fraction of sp³-hybridized carbons (Fsp3) is 0.977. The van der Waals surface area contributed by atoms with E-state index in [1.807, 2.05) is 0 Å². The van der Waals surface area contributed by atoms with Gasteiger partial charge in [-0.1, -0.05) is 239 Å². The van der Waals surface area contributed by atoms with Crippen LogP contribution >= 0.6 is 0 Å². The van der Waals surface area contributed by atoms with Crippen LogP contribution in [0.1, 0.15) is 258 Å². The average Bonchev–Trinajstić information content (AvgIpc) is 3.09. The van der Waals surface area contributed by atoms with E-state index in [9.17, 15) is 15.0 Å². The van der Waals surface area contributed by atoms with Crippen molar-refractivity contribution in [1.82, 2.24) is 5.32 Å². The van der Waals surface area contributed by atoms with E-state index < -0.39 is 12.1 Å². The molecule has 0 bridgehead atoms. The molecule has 4 nitrogen and oxygen atoms in total. The van der Waals surface area contributed by atoms with Crippen LogP contribution in [0.5, 0.6) is 0 Å². The highest BCUT2D eigenvalue weighted by molar-refractivity contribution is 5.76. The fourth-order valence-electron chi connectivity index (χ4n) is 7.19. The van der Waals surface area contributed by atoms with Crippen LogP contribution in [0.15, 0.2) is 0 Å². The zero-order valence-electron chi connectivity index (χ0n) is 33.0. The van der Waals surface area contributed by atoms with Crippen LogP contribution in [-0.2, 0) is 4.79 Å². The lowest BCUT2D eigenvalue weighted by molar-refractivity contribution is -0.123. The topological polar surface area (TPSA) is 69.6 Å². The maximum absolute atomic E-state index is 12.4. The van der Waals surface area contributed by atoms with Crippen molar-refractivity contribution in [2.75, 3.05) is 6.61 Å². The maximum Gasteiger partial charge on any atom is 0.220 e. The van der Waals surface area contributed by atoms with E-state index in [1.165, 1.54) is 205 Å². The molecule has 0 aliphatic rings. The summed E-state index contributed by atoms with van der Waals surface area (Å²) in [6.07, 6.45) is 48.9. The van der Waals surface area contributed by atoms with Crippen LogP contribution in [0, 0.1) is 0 Å². The molecule has 0 aliphatic carbocycles. The highest BCUT2D eigenvalue weighted by atomic mass is 16.3. The number of aliphatic hydroxyl groups excluding tert-OH is 2. The molecular weight excluding hydrogens is 590 g/mol. The van der Waals surface area contributed by atoms with Crippen LogP contribution in [0.3, 0.4) is 0 Å². The molecule has 0 spiro atoms. The van der Waals surface area contributed by atoms with Crippen molar-refractivity contribution in [3.8, 4) is 0 Å². The third-order valence-electron chi connectivity index (χ3n) is 10.6. The molecule has 288 valence electrons. The number of rotatable bonds is 41. The molecule has 0 aliphatic heterocycles. The van der Waals surface area contributed by atoms with Crippen LogP contribution in [-0.4, -0.2) is 34.9 Å². The first-order valence-corrected chi connectivity index (χ1v) is 22.2. The lowest BCUT2D eigenvalue weighted by Crippen LogP contribution is -2.45. The van der Waals surface area contributed by atoms with Crippen molar-refractivity contribution in [2.45, 2.75) is 270 Å². The first-order chi connectivity index (χ1) is 23.7. The maximum atomic E-state index is 12.4. The van der Waals surface area contributed by atoms with E-state index in [0.717, 1.165) is 25.7 Å². The van der Waals surface area contributed by atoms with Gasteiger partial charge in [0.15, 0.2) is 0 Å². The normalized spacial score (nSPS) is 12.8. The van der Waals surface area contributed by atoms with E-state index >= 15 is 0 Å². The van der Waals surface area contributed by atoms with Gasteiger partial charge in [0.2, 0.25) is 5.91 Å². The number of carbonyl (C=O) groups excluding carboxylic acids is 1. The molecule has 0 aromatic heterocycles. The van der Waals surface area contributed by atoms with Crippen LogP contribution in [0.25, 0.3) is 0 Å². The van der Waals surface area contributed by atoms with E-state index in [2.05, 4.69) is 19.2 Å². The molecular formula is C44H89NO3. The molecule has 1 amide bonds. The number of carbonyl (C=O) groups is 1. The second-order valence-corrected chi connectivity index (χ2v) is 15.5. The standard InChI is InChI=1S/C44H89NO3/c1-3-5-7-9-11-13-15-17-19-20-21-22-23-24-26-28-30-32-34-36-38-40-44(48)45-42(41-46)43(47)39-37-35-33-31-29-27-25-18-16-14-12-10-8-6-4-2/h42-43,46-47H,3-41H2,1-2H3,(H,45,48). The van der Waals surface area contributed by atoms with Crippen molar-refractivity contribution in [1.29, 1.82) is 0 Å². The Morgan fingerprint density at radius 3 is 0.938 bits per heavy atom. The van der Waals surface area contributed by atoms with Gasteiger partial charge in [0.25, 0.3) is 0 Å². The second-order valence-electron chi connectivity index (χ2n) is 15.5. The van der Waals surface area contributed by atoms with Crippen molar-refractivity contribution in [3.63, 3.8) is 0 Å². The average molecular weight is 680 g/mol. The van der Waals surface area contributed by atoms with E-state index in [-0.39, 0.29) is 12.5 Å². The molecule has 2 unspecified atom stereocenters. The molecule has 0 heterocycles. The zero-order valence-corrected chi connectivity index (χ0v) is 33.0. The minimum Gasteiger partial charge on any atom is -0.394 e. The van der Waals surface area contributed by atoms with Crippen molar-refractivity contribution in [2.24, 2.45) is 0 Å². The minimum absolute atomic E-state index is 0.0256. The summed E-state index contributed by atoms with van der Waals surface area (Å²) < 4.78 is 0. The Labute approximate surface area is 302 Å². The van der Waals surface area contributed by atoms with Crippen LogP contribution in [0.4, 0.5) is 0 Å². The SMILES string of the molecule is CCCCCCCCCCCCCCCCCCCCCCCC(=O)NC(CO)C(O)CCCCCCCCCCCCCCCCC. The first-order valence-electron chi connectivity index (χ1n) is 22.2. The molecule has 0 saturated carbocycles. The lowest BCUT2D eigenvalue weighted by atomic mass is 10.0. The summed E-state index contributed by atoms with van der Waals surface area (Å²) in [5, 5.41) is 23.2. The van der Waals surface area contributed by atoms with Gasteiger partial charge in [0.05, 0.1) is 18.8 Å². The molecule has 0 fully saturated rings. The molecule has 3 N–H and O–H groups in total. The lowest BCUT2D eigenvalue weighted by Gasteiger charge is -2.22. The summed E-state index contributed by atoms with van der Waals surface area (Å²) in [4.78, 5) is 12.4. The van der Waals surface area contributed by atoms with Gasteiger partial charge < -0.3 is 15.5 Å². The quantitative estimate of drug-likeness (QED) is 0.0563. The molecule has 0 radical (unpaired) electrons. The monoisotopic (exact) mass is 680 g/mol. The Balaban J connectivity index is 3.45. The molecule has 48 heavy (non-hydrogen) atoms. The first kappa shape index (κ1) is 47.4. The van der Waals surface area contributed by atoms with Crippen molar-refractivity contribution < 1.29 is 15.0 Å². The number of hydrogen-bond acceptors (Lipinski definition) is 3. The highest BCUT2D eigenvalue weighted by Gasteiger charge is 2.20. The Morgan fingerprint density at radius 2 is 0.667 bits per heavy atom. The van der Waals surface area contributed by atoms with Gasteiger partial charge in [0.1, 0.15) is 0 Å². The summed E-state index contributed by atoms with van der Waals surface area (Å²) in [5.41, 5.74) is 0. The predicted molar refractivity (Wildman–Crippen MR) is 212 cm³/mol. The smallest absolute Gasteiger partial charge is 0.220 e. The molecule has 0 saturated heterocycles. The Morgan fingerprint density at radius 1 is 0.417 bits per heavy atom. The number of aliphatic hydroxyl groups is 2. The van der Waals surface area contributed by atoms with Gasteiger partial charge in [-0.05, 0) is 12.8 Å². The highest BCUT2D eigenvalue weighted by Crippen LogP contribution is 2.17. The van der Waals surface area contributed by atoms with Gasteiger partial charge in [-0.25, -0.2) is 0 Å². The van der Waals surface area contributed by atoms with Crippen molar-refractivity contribution in [3.05, 3.63) is 0 Å². The van der Waals surface area contributed by atoms with Gasteiger partial charge in [-0.3, -0.25) is 4.79 Å². The summed E-state index contributed by atoms with van der Waals surface area (Å²) in [6, 6.07) is -0.529. The van der Waals surface area contributed by atoms with E-state index in [0.29, 0.717) is 12.8 Å². The van der Waals surface area contributed by atoms with Gasteiger partial charge in [0, 0.05) is 6.42 Å². The summed E-state index contributed by atoms with van der Waals surface area (Å²) in [6.45, 7) is 4.38. The minimum atomic E-state index is -0.652. The number of nitrogens with one attached hydrogen (secondary N) is 1. The van der Waals surface area contributed by atoms with E-state index in [1.54, 1.807) is 0 Å². The number of unbranched alkanes of at least 4 members (excludes halogenated alkanes) is 34. The Hall–Kier alpha value is -0.610. The molecule has 2 atom stereocenters.